The Morgan fingerprint density at radius 3 is 2.24 bits per heavy atom. The molecule has 0 fully saturated rings. The van der Waals surface area contributed by atoms with Crippen molar-refractivity contribution in [2.45, 2.75) is 6.10 Å². The fourth-order valence-electron chi connectivity index (χ4n) is 1.23. The van der Waals surface area contributed by atoms with Gasteiger partial charge in [0.25, 0.3) is 0 Å². The second-order valence-corrected chi connectivity index (χ2v) is 3.80. The van der Waals surface area contributed by atoms with Gasteiger partial charge in [-0.1, -0.05) is 0 Å². The van der Waals surface area contributed by atoms with Gasteiger partial charge in [-0.25, -0.2) is 0 Å². The number of nitrogen functional groups attached to an aromatic ring is 1. The quantitative estimate of drug-likeness (QED) is 0.802. The smallest absolute Gasteiger partial charge is 0.119 e. The molecular weight excluding hydrogens is 263 g/mol. The van der Waals surface area contributed by atoms with Crippen molar-refractivity contribution in [1.29, 1.82) is 0 Å². The number of rotatable bonds is 5. The molecule has 1 aromatic carbocycles. The molecule has 0 aliphatic rings. The highest BCUT2D eigenvalue weighted by atomic mass is 35.5. The van der Waals surface area contributed by atoms with E-state index in [-0.39, 0.29) is 24.8 Å². The zero-order valence-electron chi connectivity index (χ0n) is 10.00. The van der Waals surface area contributed by atoms with Crippen LogP contribution in [-0.4, -0.2) is 43.4 Å². The predicted molar refractivity (Wildman–Crippen MR) is 75.4 cm³/mol. The molecule has 1 atom stereocenters. The van der Waals surface area contributed by atoms with E-state index < -0.39 is 6.10 Å². The van der Waals surface area contributed by atoms with Gasteiger partial charge < -0.3 is 20.5 Å². The van der Waals surface area contributed by atoms with E-state index in [0.717, 1.165) is 5.75 Å². The maximum absolute atomic E-state index is 9.54. The highest BCUT2D eigenvalue weighted by molar-refractivity contribution is 5.85. The molecule has 0 bridgehead atoms. The van der Waals surface area contributed by atoms with Crippen molar-refractivity contribution in [3.05, 3.63) is 24.3 Å². The minimum absolute atomic E-state index is 0. The maximum Gasteiger partial charge on any atom is 0.119 e. The molecule has 0 saturated carbocycles. The second-order valence-electron chi connectivity index (χ2n) is 3.80. The summed E-state index contributed by atoms with van der Waals surface area (Å²) in [5.41, 5.74) is 6.24. The van der Waals surface area contributed by atoms with Crippen LogP contribution in [0.4, 0.5) is 5.69 Å². The normalized spacial score (nSPS) is 11.3. The van der Waals surface area contributed by atoms with Gasteiger partial charge >= 0.3 is 0 Å². The molecule has 1 unspecified atom stereocenters. The van der Waals surface area contributed by atoms with Crippen LogP contribution in [0.25, 0.3) is 0 Å². The summed E-state index contributed by atoms with van der Waals surface area (Å²) in [6.07, 6.45) is -0.474. The van der Waals surface area contributed by atoms with E-state index in [1.165, 1.54) is 0 Å². The van der Waals surface area contributed by atoms with Gasteiger partial charge in [-0.2, -0.15) is 0 Å². The van der Waals surface area contributed by atoms with Gasteiger partial charge in [-0.05, 0) is 38.4 Å². The van der Waals surface area contributed by atoms with E-state index in [1.54, 1.807) is 24.3 Å². The number of likely N-dealkylation sites (N-methyl/N-ethyl adjacent to an activating group) is 1. The maximum atomic E-state index is 9.54. The van der Waals surface area contributed by atoms with Crippen LogP contribution in [0.2, 0.25) is 0 Å². The van der Waals surface area contributed by atoms with Gasteiger partial charge in [0, 0.05) is 12.2 Å². The van der Waals surface area contributed by atoms with E-state index in [2.05, 4.69) is 0 Å². The topological polar surface area (TPSA) is 58.7 Å². The minimum atomic E-state index is -0.474. The molecule has 0 aliphatic carbocycles. The number of hydrogen-bond donors (Lipinski definition) is 2. The van der Waals surface area contributed by atoms with Crippen molar-refractivity contribution in [2.24, 2.45) is 0 Å². The summed E-state index contributed by atoms with van der Waals surface area (Å²) in [7, 11) is 3.82. The summed E-state index contributed by atoms with van der Waals surface area (Å²) in [6, 6.07) is 7.12. The van der Waals surface area contributed by atoms with Gasteiger partial charge in [-0.3, -0.25) is 0 Å². The van der Waals surface area contributed by atoms with Crippen LogP contribution in [0.15, 0.2) is 24.3 Å². The first-order valence-corrected chi connectivity index (χ1v) is 4.89. The van der Waals surface area contributed by atoms with E-state index in [1.807, 2.05) is 19.0 Å². The molecule has 0 heterocycles. The largest absolute Gasteiger partial charge is 0.491 e. The summed E-state index contributed by atoms with van der Waals surface area (Å²) in [5, 5.41) is 9.54. The van der Waals surface area contributed by atoms with Crippen LogP contribution in [-0.2, 0) is 0 Å². The first-order valence-electron chi connectivity index (χ1n) is 4.89. The Bertz CT molecular complexity index is 294. The standard InChI is InChI=1S/C11H18N2O2.2ClH/c1-13(2)7-10(14)8-15-11-5-3-9(12)4-6-11;;/h3-6,10,14H,7-8,12H2,1-2H3;2*1H. The van der Waals surface area contributed by atoms with E-state index in [9.17, 15) is 5.11 Å². The fourth-order valence-corrected chi connectivity index (χ4v) is 1.23. The van der Waals surface area contributed by atoms with Gasteiger partial charge in [0.05, 0.1) is 0 Å². The molecule has 0 aliphatic heterocycles. The van der Waals surface area contributed by atoms with Crippen LogP contribution in [0.3, 0.4) is 0 Å². The molecular formula is C11H20Cl2N2O2. The number of halogens is 2. The lowest BCUT2D eigenvalue weighted by Crippen LogP contribution is -2.30. The van der Waals surface area contributed by atoms with Crippen LogP contribution < -0.4 is 10.5 Å². The Balaban J connectivity index is 0. The number of ether oxygens (including phenoxy) is 1. The summed E-state index contributed by atoms with van der Waals surface area (Å²) in [5.74, 6) is 0.724. The van der Waals surface area contributed by atoms with Crippen molar-refractivity contribution >= 4 is 30.5 Å². The molecule has 0 amide bonds. The number of hydrogen-bond acceptors (Lipinski definition) is 4. The van der Waals surface area contributed by atoms with Gasteiger partial charge in [0.15, 0.2) is 0 Å². The SMILES string of the molecule is CN(C)CC(O)COc1ccc(N)cc1.Cl.Cl. The zero-order chi connectivity index (χ0) is 11.3. The molecule has 17 heavy (non-hydrogen) atoms. The monoisotopic (exact) mass is 282 g/mol. The van der Waals surface area contributed by atoms with Crippen molar-refractivity contribution in [3.8, 4) is 5.75 Å². The Labute approximate surface area is 115 Å². The van der Waals surface area contributed by atoms with E-state index in [4.69, 9.17) is 10.5 Å². The number of nitrogens with zero attached hydrogens (tertiary/aromatic N) is 1. The second kappa shape index (κ2) is 9.36. The summed E-state index contributed by atoms with van der Waals surface area (Å²) < 4.78 is 5.39. The number of aliphatic hydroxyl groups is 1. The molecule has 1 aromatic rings. The van der Waals surface area contributed by atoms with Crippen molar-refractivity contribution in [1.82, 2.24) is 4.90 Å². The van der Waals surface area contributed by atoms with Crippen molar-refractivity contribution in [2.75, 3.05) is 33.0 Å². The average Bonchev–Trinajstić information content (AvgIpc) is 2.16. The molecule has 0 aromatic heterocycles. The van der Waals surface area contributed by atoms with E-state index in [0.29, 0.717) is 18.8 Å². The molecule has 4 nitrogen and oxygen atoms in total. The molecule has 1 rings (SSSR count). The molecule has 100 valence electrons. The number of aliphatic hydroxyl groups excluding tert-OH is 1. The lowest BCUT2D eigenvalue weighted by Gasteiger charge is -2.16. The first kappa shape index (κ1) is 18.7. The number of nitrogens with two attached hydrogens (primary N) is 1. The molecule has 3 N–H and O–H groups in total. The van der Waals surface area contributed by atoms with Gasteiger partial charge in [0.2, 0.25) is 0 Å². The van der Waals surface area contributed by atoms with Crippen LogP contribution >= 0.6 is 24.8 Å². The zero-order valence-corrected chi connectivity index (χ0v) is 11.6. The third kappa shape index (κ3) is 8.10. The molecule has 0 radical (unpaired) electrons. The Morgan fingerprint density at radius 1 is 1.24 bits per heavy atom. The summed E-state index contributed by atoms with van der Waals surface area (Å²) in [4.78, 5) is 1.91. The lowest BCUT2D eigenvalue weighted by atomic mass is 10.3. The predicted octanol–water partition coefficient (Wildman–Crippen LogP) is 1.41. The minimum Gasteiger partial charge on any atom is -0.491 e. The Hall–Kier alpha value is -0.680. The third-order valence-corrected chi connectivity index (χ3v) is 1.90. The third-order valence-electron chi connectivity index (χ3n) is 1.90. The molecule has 0 spiro atoms. The fraction of sp³-hybridized carbons (Fsp3) is 0.455. The number of anilines is 1. The lowest BCUT2D eigenvalue weighted by molar-refractivity contribution is 0.0831. The first-order chi connectivity index (χ1) is 7.08. The highest BCUT2D eigenvalue weighted by Gasteiger charge is 2.06. The van der Waals surface area contributed by atoms with Crippen LogP contribution in [0.5, 0.6) is 5.75 Å². The Morgan fingerprint density at radius 2 is 1.76 bits per heavy atom. The van der Waals surface area contributed by atoms with E-state index >= 15 is 0 Å². The van der Waals surface area contributed by atoms with Crippen LogP contribution in [0, 0.1) is 0 Å². The van der Waals surface area contributed by atoms with Crippen LogP contribution in [0.1, 0.15) is 0 Å². The molecule has 6 heteroatoms. The Kier molecular flexibility index (Phi) is 10.3. The average molecular weight is 283 g/mol. The highest BCUT2D eigenvalue weighted by Crippen LogP contribution is 2.13. The van der Waals surface area contributed by atoms with Crippen molar-refractivity contribution < 1.29 is 9.84 Å². The summed E-state index contributed by atoms with van der Waals surface area (Å²) >= 11 is 0. The summed E-state index contributed by atoms with van der Waals surface area (Å²) in [6.45, 7) is 0.886. The number of benzene rings is 1. The molecule has 0 saturated heterocycles. The van der Waals surface area contributed by atoms with Crippen molar-refractivity contribution in [3.63, 3.8) is 0 Å². The van der Waals surface area contributed by atoms with Gasteiger partial charge in [-0.15, -0.1) is 24.8 Å². The van der Waals surface area contributed by atoms with Gasteiger partial charge in [0.1, 0.15) is 18.5 Å².